The van der Waals surface area contributed by atoms with E-state index in [2.05, 4.69) is 6.92 Å². The van der Waals surface area contributed by atoms with Gasteiger partial charge in [-0.15, -0.1) is 0 Å². The zero-order valence-electron chi connectivity index (χ0n) is 9.17. The van der Waals surface area contributed by atoms with Crippen molar-refractivity contribution >= 4 is 5.91 Å². The van der Waals surface area contributed by atoms with Crippen LogP contribution in [0.1, 0.15) is 58.3 Å². The molecule has 0 heterocycles. The van der Waals surface area contributed by atoms with E-state index in [4.69, 9.17) is 5.73 Å². The lowest BCUT2D eigenvalue weighted by molar-refractivity contribution is -0.118. The number of carbonyl (C=O) groups excluding carboxylic acids is 1. The molecular weight excluding hydrogens is 178 g/mol. The van der Waals surface area contributed by atoms with Crippen molar-refractivity contribution in [1.82, 2.24) is 0 Å². The maximum absolute atomic E-state index is 10.4. The first-order valence-electron chi connectivity index (χ1n) is 5.63. The molecule has 0 saturated heterocycles. The van der Waals surface area contributed by atoms with Crippen LogP contribution in [0.25, 0.3) is 0 Å². The average molecular weight is 201 g/mol. The van der Waals surface area contributed by atoms with Crippen molar-refractivity contribution < 1.29 is 9.90 Å². The van der Waals surface area contributed by atoms with Gasteiger partial charge >= 0.3 is 0 Å². The summed E-state index contributed by atoms with van der Waals surface area (Å²) in [5.41, 5.74) is 4.99. The number of hydrogen-bond donors (Lipinski definition) is 2. The van der Waals surface area contributed by atoms with Crippen LogP contribution in [0.15, 0.2) is 0 Å². The lowest BCUT2D eigenvalue weighted by Gasteiger charge is -2.08. The Morgan fingerprint density at radius 3 is 2.43 bits per heavy atom. The molecule has 0 rings (SSSR count). The number of amides is 1. The molecule has 14 heavy (non-hydrogen) atoms. The summed E-state index contributed by atoms with van der Waals surface area (Å²) in [6.45, 7) is 2.18. The van der Waals surface area contributed by atoms with Crippen LogP contribution in [0.2, 0.25) is 0 Å². The topological polar surface area (TPSA) is 63.3 Å². The highest BCUT2D eigenvalue weighted by molar-refractivity contribution is 5.73. The molecule has 3 nitrogen and oxygen atoms in total. The Morgan fingerprint density at radius 2 is 1.86 bits per heavy atom. The minimum absolute atomic E-state index is 0.302. The van der Waals surface area contributed by atoms with E-state index in [0.717, 1.165) is 12.8 Å². The third kappa shape index (κ3) is 9.52. The summed E-state index contributed by atoms with van der Waals surface area (Å²) in [5, 5.41) is 9.45. The summed E-state index contributed by atoms with van der Waals surface area (Å²) in [6.07, 6.45) is 7.28. The number of hydrogen-bond acceptors (Lipinski definition) is 2. The molecule has 3 heteroatoms. The molecule has 84 valence electrons. The van der Waals surface area contributed by atoms with Crippen molar-refractivity contribution in [3.63, 3.8) is 0 Å². The highest BCUT2D eigenvalue weighted by Gasteiger charge is 2.05. The van der Waals surface area contributed by atoms with E-state index in [0.29, 0.717) is 12.8 Å². The number of rotatable bonds is 9. The molecule has 0 fully saturated rings. The second-order valence-corrected chi connectivity index (χ2v) is 3.86. The van der Waals surface area contributed by atoms with Crippen molar-refractivity contribution in [2.45, 2.75) is 64.4 Å². The van der Waals surface area contributed by atoms with Gasteiger partial charge in [-0.05, 0) is 12.8 Å². The second kappa shape index (κ2) is 9.00. The van der Waals surface area contributed by atoms with Gasteiger partial charge in [0, 0.05) is 6.42 Å². The van der Waals surface area contributed by atoms with Gasteiger partial charge in [-0.25, -0.2) is 0 Å². The normalized spacial score (nSPS) is 12.7. The van der Waals surface area contributed by atoms with Crippen molar-refractivity contribution in [3.05, 3.63) is 0 Å². The fraction of sp³-hybridized carbons (Fsp3) is 0.909. The predicted octanol–water partition coefficient (Wildman–Crippen LogP) is 1.97. The zero-order chi connectivity index (χ0) is 10.8. The van der Waals surface area contributed by atoms with Gasteiger partial charge in [-0.1, -0.05) is 39.0 Å². The van der Waals surface area contributed by atoms with Gasteiger partial charge in [-0.3, -0.25) is 4.79 Å². The monoisotopic (exact) mass is 201 g/mol. The molecule has 0 aliphatic carbocycles. The Morgan fingerprint density at radius 1 is 1.21 bits per heavy atom. The van der Waals surface area contributed by atoms with Gasteiger partial charge < -0.3 is 10.8 Å². The molecule has 0 spiro atoms. The van der Waals surface area contributed by atoms with Crippen molar-refractivity contribution in [1.29, 1.82) is 0 Å². The predicted molar refractivity (Wildman–Crippen MR) is 57.8 cm³/mol. The van der Waals surface area contributed by atoms with Gasteiger partial charge in [0.15, 0.2) is 0 Å². The van der Waals surface area contributed by atoms with Crippen LogP contribution < -0.4 is 5.73 Å². The quantitative estimate of drug-likeness (QED) is 0.560. The molecule has 0 aromatic carbocycles. The summed E-state index contributed by atoms with van der Waals surface area (Å²) in [6, 6.07) is 0. The molecule has 1 amide bonds. The summed E-state index contributed by atoms with van der Waals surface area (Å²) >= 11 is 0. The minimum atomic E-state index is -0.343. The summed E-state index contributed by atoms with van der Waals surface area (Å²) < 4.78 is 0. The fourth-order valence-electron chi connectivity index (χ4n) is 1.44. The molecular formula is C11H23NO2. The Balaban J connectivity index is 3.18. The van der Waals surface area contributed by atoms with E-state index < -0.39 is 0 Å². The minimum Gasteiger partial charge on any atom is -0.393 e. The molecule has 0 aromatic heterocycles. The first-order chi connectivity index (χ1) is 6.66. The van der Waals surface area contributed by atoms with Crippen molar-refractivity contribution in [3.8, 4) is 0 Å². The molecule has 3 N–H and O–H groups in total. The number of unbranched alkanes of at least 4 members (excludes halogenated alkanes) is 4. The lowest BCUT2D eigenvalue weighted by atomic mass is 10.0. The van der Waals surface area contributed by atoms with E-state index in [1.807, 2.05) is 0 Å². The second-order valence-electron chi connectivity index (χ2n) is 3.86. The Hall–Kier alpha value is -0.570. The smallest absolute Gasteiger partial charge is 0.217 e. The molecule has 0 aromatic rings. The van der Waals surface area contributed by atoms with Crippen LogP contribution in [0.5, 0.6) is 0 Å². The molecule has 0 saturated carbocycles. The summed E-state index contributed by atoms with van der Waals surface area (Å²) in [4.78, 5) is 10.4. The number of aliphatic hydroxyl groups excluding tert-OH is 1. The van der Waals surface area contributed by atoms with Crippen LogP contribution in [0.4, 0.5) is 0 Å². The van der Waals surface area contributed by atoms with Gasteiger partial charge in [0.25, 0.3) is 0 Å². The maximum atomic E-state index is 10.4. The highest BCUT2D eigenvalue weighted by atomic mass is 16.3. The molecule has 1 unspecified atom stereocenters. The van der Waals surface area contributed by atoms with Crippen LogP contribution in [-0.4, -0.2) is 17.1 Å². The first kappa shape index (κ1) is 13.4. The molecule has 0 bridgehead atoms. The molecule has 0 radical (unpaired) electrons. The van der Waals surface area contributed by atoms with Crippen LogP contribution in [0, 0.1) is 0 Å². The number of aliphatic hydroxyl groups is 1. The lowest BCUT2D eigenvalue weighted by Crippen LogP contribution is -2.15. The van der Waals surface area contributed by atoms with Crippen LogP contribution >= 0.6 is 0 Å². The van der Waals surface area contributed by atoms with Gasteiger partial charge in [-0.2, -0.15) is 0 Å². The van der Waals surface area contributed by atoms with E-state index in [1.54, 1.807) is 0 Å². The van der Waals surface area contributed by atoms with E-state index in [1.165, 1.54) is 25.7 Å². The molecule has 0 aliphatic rings. The maximum Gasteiger partial charge on any atom is 0.217 e. The van der Waals surface area contributed by atoms with Gasteiger partial charge in [0.05, 0.1) is 6.10 Å². The first-order valence-corrected chi connectivity index (χ1v) is 5.63. The van der Waals surface area contributed by atoms with E-state index >= 15 is 0 Å². The third-order valence-electron chi connectivity index (χ3n) is 2.36. The summed E-state index contributed by atoms with van der Waals surface area (Å²) in [7, 11) is 0. The van der Waals surface area contributed by atoms with Gasteiger partial charge in [0.1, 0.15) is 0 Å². The Bertz CT molecular complexity index is 148. The largest absolute Gasteiger partial charge is 0.393 e. The third-order valence-corrected chi connectivity index (χ3v) is 2.36. The van der Waals surface area contributed by atoms with Crippen LogP contribution in [-0.2, 0) is 4.79 Å². The van der Waals surface area contributed by atoms with Crippen molar-refractivity contribution in [2.24, 2.45) is 5.73 Å². The highest BCUT2D eigenvalue weighted by Crippen LogP contribution is 2.10. The SMILES string of the molecule is CCCCCCCC(O)CCC(N)=O. The van der Waals surface area contributed by atoms with E-state index in [9.17, 15) is 9.90 Å². The average Bonchev–Trinajstić information content (AvgIpc) is 2.14. The number of nitrogens with two attached hydrogens (primary N) is 1. The summed E-state index contributed by atoms with van der Waals surface area (Å²) in [5.74, 6) is -0.324. The van der Waals surface area contributed by atoms with Crippen LogP contribution in [0.3, 0.4) is 0 Å². The standard InChI is InChI=1S/C11H23NO2/c1-2-3-4-5-6-7-10(13)8-9-11(12)14/h10,13H,2-9H2,1H3,(H2,12,14). The Labute approximate surface area is 86.7 Å². The zero-order valence-corrected chi connectivity index (χ0v) is 9.17. The number of carbonyl (C=O) groups is 1. The molecule has 0 aliphatic heterocycles. The van der Waals surface area contributed by atoms with E-state index in [-0.39, 0.29) is 12.0 Å². The molecule has 1 atom stereocenters. The fourth-order valence-corrected chi connectivity index (χ4v) is 1.44. The van der Waals surface area contributed by atoms with Gasteiger partial charge in [0.2, 0.25) is 5.91 Å². The number of primary amides is 1. The van der Waals surface area contributed by atoms with Crippen molar-refractivity contribution in [2.75, 3.05) is 0 Å². The Kier molecular flexibility index (Phi) is 8.64.